The van der Waals surface area contributed by atoms with Crippen molar-refractivity contribution in [1.82, 2.24) is 9.78 Å². The molecule has 1 fully saturated rings. The zero-order valence-corrected chi connectivity index (χ0v) is 13.5. The molecule has 0 aliphatic heterocycles. The maximum atomic E-state index is 14.5. The van der Waals surface area contributed by atoms with Crippen LogP contribution in [0.2, 0.25) is 0 Å². The van der Waals surface area contributed by atoms with Gasteiger partial charge in [0.15, 0.2) is 5.69 Å². The fourth-order valence-corrected chi connectivity index (χ4v) is 3.54. The number of fused-ring (bicyclic) bond motifs is 3. The first-order valence-corrected chi connectivity index (χ1v) is 8.13. The van der Waals surface area contributed by atoms with E-state index in [-0.39, 0.29) is 30.0 Å². The van der Waals surface area contributed by atoms with E-state index in [9.17, 15) is 13.6 Å². The summed E-state index contributed by atoms with van der Waals surface area (Å²) in [5, 5.41) is 4.18. The molecule has 2 aliphatic rings. The van der Waals surface area contributed by atoms with E-state index in [1.165, 1.54) is 4.68 Å². The van der Waals surface area contributed by atoms with Crippen LogP contribution < -0.4 is 0 Å². The first-order valence-electron chi connectivity index (χ1n) is 8.13. The molecular formula is C18H18F2N2O2. The van der Waals surface area contributed by atoms with Crippen molar-refractivity contribution in [3.63, 3.8) is 0 Å². The highest BCUT2D eigenvalue weighted by molar-refractivity contribution is 5.90. The van der Waals surface area contributed by atoms with Crippen molar-refractivity contribution in [2.24, 2.45) is 5.92 Å². The molecular weight excluding hydrogens is 314 g/mol. The van der Waals surface area contributed by atoms with Gasteiger partial charge < -0.3 is 4.74 Å². The normalized spacial score (nSPS) is 23.0. The van der Waals surface area contributed by atoms with Gasteiger partial charge in [0.1, 0.15) is 12.3 Å². The molecule has 0 saturated heterocycles. The van der Waals surface area contributed by atoms with Crippen LogP contribution in [0.25, 0.3) is 0 Å². The number of hydrogen-bond acceptors (Lipinski definition) is 3. The van der Waals surface area contributed by atoms with Gasteiger partial charge in [-0.15, -0.1) is 0 Å². The number of ether oxygens (including phenoxy) is 1. The van der Waals surface area contributed by atoms with Gasteiger partial charge >= 0.3 is 5.97 Å². The third kappa shape index (κ3) is 2.16. The van der Waals surface area contributed by atoms with Gasteiger partial charge in [0.25, 0.3) is 5.92 Å². The minimum atomic E-state index is -2.91. The summed E-state index contributed by atoms with van der Waals surface area (Å²) in [6.45, 7) is 3.67. The van der Waals surface area contributed by atoms with Crippen LogP contribution in [-0.4, -0.2) is 15.7 Å². The molecule has 2 aliphatic carbocycles. The summed E-state index contributed by atoms with van der Waals surface area (Å²) >= 11 is 0. The summed E-state index contributed by atoms with van der Waals surface area (Å²) in [4.78, 5) is 12.4. The molecule has 6 heteroatoms. The Morgan fingerprint density at radius 3 is 2.75 bits per heavy atom. The summed E-state index contributed by atoms with van der Waals surface area (Å²) < 4.78 is 35.6. The van der Waals surface area contributed by atoms with E-state index in [1.807, 2.05) is 30.3 Å². The van der Waals surface area contributed by atoms with Crippen LogP contribution in [0, 0.1) is 5.92 Å². The van der Waals surface area contributed by atoms with Crippen molar-refractivity contribution >= 4 is 5.97 Å². The molecule has 0 bridgehead atoms. The molecule has 1 aromatic heterocycles. The quantitative estimate of drug-likeness (QED) is 0.794. The van der Waals surface area contributed by atoms with Crippen LogP contribution in [-0.2, 0) is 17.3 Å². The van der Waals surface area contributed by atoms with Crippen molar-refractivity contribution in [1.29, 1.82) is 0 Å². The zero-order chi connectivity index (χ0) is 17.1. The van der Waals surface area contributed by atoms with Crippen molar-refractivity contribution in [3.05, 3.63) is 52.8 Å². The van der Waals surface area contributed by atoms with Crippen LogP contribution >= 0.6 is 0 Å². The summed E-state index contributed by atoms with van der Waals surface area (Å²) in [6.07, 6.45) is 0.419. The van der Waals surface area contributed by atoms with Crippen molar-refractivity contribution < 1.29 is 18.3 Å². The molecule has 1 aromatic carbocycles. The Kier molecular flexibility index (Phi) is 3.27. The molecule has 1 saturated carbocycles. The van der Waals surface area contributed by atoms with E-state index < -0.39 is 17.8 Å². The van der Waals surface area contributed by atoms with Gasteiger partial charge in [0.05, 0.1) is 0 Å². The number of alkyl halides is 2. The Labute approximate surface area is 138 Å². The Bertz CT molecular complexity index is 799. The minimum absolute atomic E-state index is 0.0549. The number of halogens is 2. The maximum absolute atomic E-state index is 14.5. The van der Waals surface area contributed by atoms with Gasteiger partial charge in [0, 0.05) is 17.5 Å². The van der Waals surface area contributed by atoms with Crippen LogP contribution in [0.1, 0.15) is 59.5 Å². The van der Waals surface area contributed by atoms with E-state index in [4.69, 9.17) is 4.74 Å². The number of rotatable bonds is 4. The molecule has 2 atom stereocenters. The first-order chi connectivity index (χ1) is 11.4. The summed E-state index contributed by atoms with van der Waals surface area (Å²) in [5.41, 5.74) is 1.21. The smallest absolute Gasteiger partial charge is 0.359 e. The number of benzene rings is 1. The van der Waals surface area contributed by atoms with Crippen molar-refractivity contribution in [2.45, 2.75) is 44.8 Å². The monoisotopic (exact) mass is 332 g/mol. The van der Waals surface area contributed by atoms with Gasteiger partial charge in [0.2, 0.25) is 0 Å². The van der Waals surface area contributed by atoms with E-state index in [0.717, 1.165) is 5.56 Å². The number of carbonyl (C=O) groups is 1. The molecule has 0 spiro atoms. The average Bonchev–Trinajstić information content (AvgIpc) is 3.20. The average molecular weight is 332 g/mol. The number of nitrogens with zero attached hydrogens (tertiary/aromatic N) is 2. The second-order valence-electron chi connectivity index (χ2n) is 6.78. The van der Waals surface area contributed by atoms with E-state index in [0.29, 0.717) is 12.0 Å². The van der Waals surface area contributed by atoms with E-state index in [2.05, 4.69) is 5.10 Å². The fraction of sp³-hybridized carbons (Fsp3) is 0.444. The fourth-order valence-electron chi connectivity index (χ4n) is 3.54. The number of carbonyl (C=O) groups excluding carboxylic acids is 1. The minimum Gasteiger partial charge on any atom is -0.456 e. The van der Waals surface area contributed by atoms with Crippen LogP contribution in [0.4, 0.5) is 8.78 Å². The van der Waals surface area contributed by atoms with Crippen LogP contribution in [0.15, 0.2) is 30.3 Å². The molecule has 4 rings (SSSR count). The SMILES string of the molecule is CC(C)n1nc(C(=O)OCc2ccccc2)c2c1C(F)(F)C1CC21. The van der Waals surface area contributed by atoms with E-state index in [1.54, 1.807) is 13.8 Å². The van der Waals surface area contributed by atoms with Gasteiger partial charge in [-0.05, 0) is 31.7 Å². The second kappa shape index (κ2) is 5.13. The third-order valence-corrected chi connectivity index (χ3v) is 4.78. The largest absolute Gasteiger partial charge is 0.456 e. The molecule has 2 unspecified atom stereocenters. The number of aromatic nitrogens is 2. The van der Waals surface area contributed by atoms with Crippen LogP contribution in [0.5, 0.6) is 0 Å². The Morgan fingerprint density at radius 1 is 1.38 bits per heavy atom. The zero-order valence-electron chi connectivity index (χ0n) is 13.5. The van der Waals surface area contributed by atoms with Gasteiger partial charge in [-0.25, -0.2) is 4.79 Å². The molecule has 4 nitrogen and oxygen atoms in total. The molecule has 1 heterocycles. The van der Waals surface area contributed by atoms with Gasteiger partial charge in [-0.3, -0.25) is 4.68 Å². The second-order valence-corrected chi connectivity index (χ2v) is 6.78. The predicted octanol–water partition coefficient (Wildman–Crippen LogP) is 4.03. The molecule has 2 aromatic rings. The summed E-state index contributed by atoms with van der Waals surface area (Å²) in [6, 6.07) is 9.02. The van der Waals surface area contributed by atoms with Crippen molar-refractivity contribution in [3.8, 4) is 0 Å². The standard InChI is InChI=1S/C18H18F2N2O2/c1-10(2)22-16-14(12-8-13(12)18(16,19)20)15(21-22)17(23)24-9-11-6-4-3-5-7-11/h3-7,10,12-13H,8-9H2,1-2H3. The molecule has 0 radical (unpaired) electrons. The summed E-state index contributed by atoms with van der Waals surface area (Å²) in [5.74, 6) is -4.48. The number of hydrogen-bond donors (Lipinski definition) is 0. The number of esters is 1. The van der Waals surface area contributed by atoms with Gasteiger partial charge in [-0.1, -0.05) is 30.3 Å². The van der Waals surface area contributed by atoms with Crippen LogP contribution in [0.3, 0.4) is 0 Å². The summed E-state index contributed by atoms with van der Waals surface area (Å²) in [7, 11) is 0. The molecule has 24 heavy (non-hydrogen) atoms. The maximum Gasteiger partial charge on any atom is 0.359 e. The van der Waals surface area contributed by atoms with E-state index >= 15 is 0 Å². The molecule has 0 N–H and O–H groups in total. The Morgan fingerprint density at radius 2 is 2.08 bits per heavy atom. The van der Waals surface area contributed by atoms with Gasteiger partial charge in [-0.2, -0.15) is 13.9 Å². The highest BCUT2D eigenvalue weighted by atomic mass is 19.3. The Hall–Kier alpha value is -2.24. The topological polar surface area (TPSA) is 44.1 Å². The first kappa shape index (κ1) is 15.3. The lowest BCUT2D eigenvalue weighted by molar-refractivity contribution is -0.0319. The highest BCUT2D eigenvalue weighted by Gasteiger charge is 2.67. The third-order valence-electron chi connectivity index (χ3n) is 4.78. The lowest BCUT2D eigenvalue weighted by Crippen LogP contribution is -2.21. The molecule has 126 valence electrons. The lowest BCUT2D eigenvalue weighted by atomic mass is 10.1. The Balaban J connectivity index is 1.65. The molecule has 0 amide bonds. The van der Waals surface area contributed by atoms with Crippen molar-refractivity contribution in [2.75, 3.05) is 0 Å². The lowest BCUT2D eigenvalue weighted by Gasteiger charge is -2.17. The predicted molar refractivity (Wildman–Crippen MR) is 82.9 cm³/mol. The highest BCUT2D eigenvalue weighted by Crippen LogP contribution is 2.67.